The molecular weight excluding hydrogens is 1560 g/mol. The summed E-state index contributed by atoms with van der Waals surface area (Å²) in [5.74, 6) is -4.68. The van der Waals surface area contributed by atoms with Gasteiger partial charge < -0.3 is 225 Å². The topological polar surface area (TPSA) is 779 Å². The second-order valence-electron chi connectivity index (χ2n) is 28.7. The Morgan fingerprint density at radius 2 is 0.684 bits per heavy atom. The molecule has 8 rings (SSSR count). The van der Waals surface area contributed by atoms with E-state index in [2.05, 4.69) is 26.6 Å². The van der Waals surface area contributed by atoms with E-state index in [1.54, 1.807) is 0 Å². The third-order valence-corrected chi connectivity index (χ3v) is 20.4. The Kier molecular flexibility index (Phi) is 35.3. The molecule has 0 unspecified atom stereocenters. The molecule has 0 saturated carbocycles. The van der Waals surface area contributed by atoms with Gasteiger partial charge in [0, 0.05) is 34.6 Å². The molecule has 50 nitrogen and oxygen atoms in total. The molecule has 50 heteroatoms. The Morgan fingerprint density at radius 1 is 0.325 bits per heavy atom. The van der Waals surface area contributed by atoms with Crippen molar-refractivity contribution < 1.29 is 222 Å². The molecule has 660 valence electrons. The molecule has 44 atom stereocenters. The first-order valence-corrected chi connectivity index (χ1v) is 36.4. The highest BCUT2D eigenvalue weighted by Crippen LogP contribution is 2.40. The van der Waals surface area contributed by atoms with Gasteiger partial charge >= 0.3 is 0 Å². The van der Waals surface area contributed by atoms with E-state index < -0.39 is 359 Å². The van der Waals surface area contributed by atoms with Gasteiger partial charge in [-0.1, -0.05) is 0 Å². The van der Waals surface area contributed by atoms with Crippen molar-refractivity contribution in [3.8, 4) is 0 Å². The van der Waals surface area contributed by atoms with Crippen LogP contribution in [0.2, 0.25) is 0 Å². The molecule has 0 aliphatic carbocycles. The van der Waals surface area contributed by atoms with E-state index >= 15 is 0 Å². The lowest BCUT2D eigenvalue weighted by molar-refractivity contribution is -0.407. The van der Waals surface area contributed by atoms with Gasteiger partial charge in [0.05, 0.1) is 71.6 Å². The predicted octanol–water partition coefficient (Wildman–Crippen LogP) is -19.2. The van der Waals surface area contributed by atoms with Crippen LogP contribution in [0.15, 0.2) is 0 Å². The maximum atomic E-state index is 13.3. The molecule has 29 N–H and O–H groups in total. The largest absolute Gasteiger partial charge is 0.394 e. The number of nitrogens with one attached hydrogen (secondary N) is 5. The monoisotopic (exact) mass is 1670 g/mol. The quantitative estimate of drug-likeness (QED) is 0.0290. The van der Waals surface area contributed by atoms with Gasteiger partial charge in [0.15, 0.2) is 50.3 Å². The van der Waals surface area contributed by atoms with Crippen molar-refractivity contribution in [2.75, 3.05) is 59.5 Å². The van der Waals surface area contributed by atoms with Gasteiger partial charge in [0.25, 0.3) is 0 Å². The van der Waals surface area contributed by atoms with E-state index in [-0.39, 0.29) is 0 Å². The minimum absolute atomic E-state index is 0.871. The average molecular weight is 1670 g/mol. The molecule has 8 fully saturated rings. The fourth-order valence-electron chi connectivity index (χ4n) is 14.3. The number of aliphatic hydroxyl groups excluding tert-OH is 24. The van der Waals surface area contributed by atoms with Crippen LogP contribution < -0.4 is 26.6 Å². The van der Waals surface area contributed by atoms with Crippen LogP contribution in [0.25, 0.3) is 0 Å². The molecule has 0 aromatic carbocycles. The smallest absolute Gasteiger partial charge is 0.217 e. The third-order valence-electron chi connectivity index (χ3n) is 20.4. The lowest BCUT2D eigenvalue weighted by Crippen LogP contribution is -2.71. The fraction of sp³-hybridized carbons (Fsp3) is 0.922. The van der Waals surface area contributed by atoms with E-state index in [0.717, 1.165) is 34.6 Å². The minimum atomic E-state index is -2.72. The van der Waals surface area contributed by atoms with Crippen molar-refractivity contribution in [3.05, 3.63) is 0 Å². The molecule has 8 saturated heterocycles. The summed E-state index contributed by atoms with van der Waals surface area (Å²) in [5.41, 5.74) is 0. The van der Waals surface area contributed by atoms with Crippen LogP contribution >= 0.6 is 0 Å². The Balaban J connectivity index is 1.27. The normalized spacial score (nSPS) is 45.3. The summed E-state index contributed by atoms with van der Waals surface area (Å²) in [7, 11) is 0. The number of carbonyl (C=O) groups excluding carboxylic acids is 5. The summed E-state index contributed by atoms with van der Waals surface area (Å²) >= 11 is 0. The van der Waals surface area contributed by atoms with E-state index in [0.29, 0.717) is 0 Å². The third kappa shape index (κ3) is 22.1. The molecule has 8 aliphatic heterocycles. The van der Waals surface area contributed by atoms with Crippen molar-refractivity contribution in [2.24, 2.45) is 0 Å². The summed E-state index contributed by atoms with van der Waals surface area (Å²) < 4.78 is 97.2. The predicted molar refractivity (Wildman–Crippen MR) is 356 cm³/mol. The minimum Gasteiger partial charge on any atom is -0.394 e. The van der Waals surface area contributed by atoms with E-state index in [1.165, 1.54) is 6.92 Å². The standard InChI is InChI=1S/C64H109N5O45/c1-16-35(83)46(94)49(97)61(101-16)99-14-23(82)51(36(84)22(7-70)65-17(2)77)109-60-34(69-21(6)81)45(93)52(29(13-76)107-60)110-62-50(98)54(112-64-56(48(96)41(89)28(12-75)106-64)114-59-33(68-20(5)80)44(92)39(87)26(10-73)104-59)53(111-57-31(66-18(3)78)42(90)37(85)24(8-71)102-57)30(108-62)15-100-63-55(47(95)40(88)27(11-74)105-63)113-58-32(67-19(4)79)43(91)38(86)25(9-72)103-58/h16,22-64,70-76,82-98H,7-15H2,1-6H3,(H,65,77)(H,66,78)(H,67,79)(H,68,80)(H,69,81)/t16-,22-,23+,24+,25+,26+,27+,28+,29+,30+,31+,32+,33+,34+,35+,36+,37+,38+,39+,40+,41+,42+,43+,44+,45+,46+,47-,48-,49-,50-,51+,52+,53+,54+,55-,56-,57-,58-,59-,60-,61-,62-,63-,64+/m0/s1. The molecule has 8 heterocycles. The van der Waals surface area contributed by atoms with Gasteiger partial charge in [0.2, 0.25) is 29.5 Å². The van der Waals surface area contributed by atoms with Gasteiger partial charge in [0.1, 0.15) is 207 Å². The average Bonchev–Trinajstić information content (AvgIpc) is 0.760. The summed E-state index contributed by atoms with van der Waals surface area (Å²) in [6.45, 7) is -4.39. The molecule has 0 bridgehead atoms. The van der Waals surface area contributed by atoms with Crippen molar-refractivity contribution in [3.63, 3.8) is 0 Å². The molecule has 0 aromatic heterocycles. The van der Waals surface area contributed by atoms with Crippen LogP contribution in [0.4, 0.5) is 0 Å². The van der Waals surface area contributed by atoms with Crippen LogP contribution in [0.3, 0.4) is 0 Å². The Labute approximate surface area is 647 Å². The Bertz CT molecular complexity index is 3030. The fourth-order valence-corrected chi connectivity index (χ4v) is 14.3. The molecule has 8 aliphatic rings. The van der Waals surface area contributed by atoms with Crippen molar-refractivity contribution in [1.29, 1.82) is 0 Å². The lowest BCUT2D eigenvalue weighted by atomic mass is 9.93. The number of rotatable bonds is 33. The highest BCUT2D eigenvalue weighted by atomic mass is 16.8. The molecule has 0 aromatic rings. The maximum absolute atomic E-state index is 13.3. The second-order valence-corrected chi connectivity index (χ2v) is 28.7. The van der Waals surface area contributed by atoms with Crippen LogP contribution in [-0.2, 0) is 99.8 Å². The highest BCUT2D eigenvalue weighted by molar-refractivity contribution is 5.75. The number of carbonyl (C=O) groups is 5. The summed E-state index contributed by atoms with van der Waals surface area (Å²) in [5, 5.41) is 281. The molecule has 5 amide bonds. The van der Waals surface area contributed by atoms with Gasteiger partial charge in [-0.15, -0.1) is 0 Å². The zero-order valence-electron chi connectivity index (χ0n) is 62.1. The van der Waals surface area contributed by atoms with Crippen LogP contribution in [0.1, 0.15) is 41.5 Å². The summed E-state index contributed by atoms with van der Waals surface area (Å²) in [4.78, 5) is 64.0. The Hall–Kier alpha value is -4.25. The summed E-state index contributed by atoms with van der Waals surface area (Å²) in [6, 6.07) is -9.52. The van der Waals surface area contributed by atoms with Gasteiger partial charge in [-0.3, -0.25) is 24.0 Å². The van der Waals surface area contributed by atoms with Crippen molar-refractivity contribution in [1.82, 2.24) is 26.6 Å². The highest BCUT2D eigenvalue weighted by Gasteiger charge is 2.61. The van der Waals surface area contributed by atoms with Crippen LogP contribution in [-0.4, -0.2) is 481 Å². The molecule has 0 spiro atoms. The number of hydrogen-bond acceptors (Lipinski definition) is 45. The molecule has 0 radical (unpaired) electrons. The van der Waals surface area contributed by atoms with E-state index in [1.807, 2.05) is 0 Å². The van der Waals surface area contributed by atoms with E-state index in [4.69, 9.17) is 75.8 Å². The van der Waals surface area contributed by atoms with Crippen LogP contribution in [0.5, 0.6) is 0 Å². The first-order valence-electron chi connectivity index (χ1n) is 36.4. The number of ether oxygens (including phenoxy) is 16. The van der Waals surface area contributed by atoms with E-state index in [9.17, 15) is 147 Å². The first kappa shape index (κ1) is 95.2. The van der Waals surface area contributed by atoms with Crippen LogP contribution in [0, 0.1) is 0 Å². The zero-order valence-corrected chi connectivity index (χ0v) is 62.1. The van der Waals surface area contributed by atoms with Gasteiger partial charge in [-0.2, -0.15) is 0 Å². The molecular formula is C64H109N5O45. The first-order chi connectivity index (χ1) is 53.8. The van der Waals surface area contributed by atoms with Gasteiger partial charge in [-0.25, -0.2) is 0 Å². The number of amides is 5. The number of aliphatic hydroxyl groups is 24. The van der Waals surface area contributed by atoms with Crippen molar-refractivity contribution >= 4 is 29.5 Å². The Morgan fingerprint density at radius 3 is 1.10 bits per heavy atom. The van der Waals surface area contributed by atoms with Crippen molar-refractivity contribution in [2.45, 2.75) is 311 Å². The zero-order chi connectivity index (χ0) is 84.5. The molecule has 114 heavy (non-hydrogen) atoms. The SMILES string of the molecule is CC(=O)N[C@H]1[C@H](O[C@@H]([C@H](O)[C@H](CO)NC(C)=O)[C@H](O)CO[C@H]2O[C@@H](C)[C@@H](O)[C@@H](O)[C@@H]2O)O[C@H](CO)[C@@H](O[C@@H]2O[C@H](CO[C@H]3O[C@H](CO)[C@@H](O)[C@H](O)[C@@H]3O[C@@H]3O[C@H](CO)[C@@H](O)[C@H](O)[C@H]3NC(C)=O)[C@@H](O[C@@H]3O[C@H](CO)[C@@H](O)[C@H](O)[C@H]3NC(C)=O)[C@H](O[C@H]3O[C@H](CO)[C@@H](O)[C@H](O)[C@@H]3O[C@@H]3O[C@H](CO)[C@@H](O)[C@H](O)[C@H]3NC(C)=O)[C@@H]2O)[C@@H]1O. The lowest BCUT2D eigenvalue weighted by Gasteiger charge is -2.52. The second kappa shape index (κ2) is 42.3. The number of hydrogen-bond donors (Lipinski definition) is 29. The van der Waals surface area contributed by atoms with Gasteiger partial charge in [-0.05, 0) is 6.92 Å². The summed E-state index contributed by atoms with van der Waals surface area (Å²) in [6.07, 6.45) is -83.4. The maximum Gasteiger partial charge on any atom is 0.217 e.